The molecule has 1 aliphatic carbocycles. The molecule has 0 radical (unpaired) electrons. The molecule has 3 atom stereocenters. The van der Waals surface area contributed by atoms with Crippen LogP contribution in [0.15, 0.2) is 0 Å². The first-order valence-electron chi connectivity index (χ1n) is 7.17. The molecule has 0 aromatic rings. The van der Waals surface area contributed by atoms with E-state index in [1.54, 1.807) is 0 Å². The summed E-state index contributed by atoms with van der Waals surface area (Å²) in [5, 5.41) is 3.14. The third kappa shape index (κ3) is 2.69. The molecule has 104 valence electrons. The largest absolute Gasteiger partial charge is 0.465 e. The van der Waals surface area contributed by atoms with Gasteiger partial charge in [-0.05, 0) is 45.6 Å². The van der Waals surface area contributed by atoms with Gasteiger partial charge in [0.05, 0.1) is 6.61 Å². The first-order chi connectivity index (χ1) is 8.59. The number of esters is 1. The van der Waals surface area contributed by atoms with Crippen LogP contribution >= 0.6 is 0 Å². The third-order valence-corrected chi connectivity index (χ3v) is 4.62. The summed E-state index contributed by atoms with van der Waals surface area (Å²) in [6.45, 7) is 7.31. The monoisotopic (exact) mass is 254 g/mol. The molecule has 4 heteroatoms. The summed E-state index contributed by atoms with van der Waals surface area (Å²) >= 11 is 0. The van der Waals surface area contributed by atoms with Crippen molar-refractivity contribution in [2.45, 2.75) is 38.6 Å². The highest BCUT2D eigenvalue weighted by molar-refractivity contribution is 5.80. The highest BCUT2D eigenvalue weighted by atomic mass is 16.5. The highest BCUT2D eigenvalue weighted by Gasteiger charge is 2.41. The van der Waals surface area contributed by atoms with Gasteiger partial charge in [0, 0.05) is 19.6 Å². The standard InChI is InChI=1S/C14H26N2O2/c1-4-18-13(17)14(2,15-3)10-16-8-11-6-5-7-12(11)9-16/h11-12,15H,4-10H2,1-3H3. The van der Waals surface area contributed by atoms with E-state index in [4.69, 9.17) is 4.74 Å². The highest BCUT2D eigenvalue weighted by Crippen LogP contribution is 2.38. The van der Waals surface area contributed by atoms with Gasteiger partial charge in [0.2, 0.25) is 0 Å². The van der Waals surface area contributed by atoms with Gasteiger partial charge in [-0.3, -0.25) is 4.79 Å². The topological polar surface area (TPSA) is 41.6 Å². The Labute approximate surface area is 110 Å². The van der Waals surface area contributed by atoms with Crippen LogP contribution in [0.2, 0.25) is 0 Å². The number of likely N-dealkylation sites (tertiary alicyclic amines) is 1. The van der Waals surface area contributed by atoms with E-state index in [-0.39, 0.29) is 5.97 Å². The molecule has 18 heavy (non-hydrogen) atoms. The van der Waals surface area contributed by atoms with Gasteiger partial charge >= 0.3 is 5.97 Å². The van der Waals surface area contributed by atoms with Crippen molar-refractivity contribution < 1.29 is 9.53 Å². The van der Waals surface area contributed by atoms with Crippen LogP contribution in [0.1, 0.15) is 33.1 Å². The van der Waals surface area contributed by atoms with E-state index in [9.17, 15) is 4.79 Å². The summed E-state index contributed by atoms with van der Waals surface area (Å²) in [5.41, 5.74) is -0.575. The Morgan fingerprint density at radius 1 is 1.39 bits per heavy atom. The van der Waals surface area contributed by atoms with Crippen molar-refractivity contribution in [3.63, 3.8) is 0 Å². The molecular formula is C14H26N2O2. The zero-order valence-electron chi connectivity index (χ0n) is 11.9. The SMILES string of the molecule is CCOC(=O)C(C)(CN1CC2CCCC2C1)NC. The maximum atomic E-state index is 12.0. The molecule has 2 fully saturated rings. The summed E-state index contributed by atoms with van der Waals surface area (Å²) in [7, 11) is 1.84. The number of hydrogen-bond donors (Lipinski definition) is 1. The Kier molecular flexibility index (Phi) is 4.28. The maximum absolute atomic E-state index is 12.0. The zero-order valence-corrected chi connectivity index (χ0v) is 11.9. The lowest BCUT2D eigenvalue weighted by Gasteiger charge is -2.31. The molecule has 0 aromatic heterocycles. The van der Waals surface area contributed by atoms with Crippen LogP contribution in [0.4, 0.5) is 0 Å². The molecule has 1 heterocycles. The lowest BCUT2D eigenvalue weighted by Crippen LogP contribution is -2.56. The van der Waals surface area contributed by atoms with Gasteiger partial charge in [-0.1, -0.05) is 6.42 Å². The van der Waals surface area contributed by atoms with Crippen LogP contribution in [-0.4, -0.2) is 49.7 Å². The molecule has 0 aromatic carbocycles. The van der Waals surface area contributed by atoms with E-state index in [0.29, 0.717) is 6.61 Å². The van der Waals surface area contributed by atoms with Crippen molar-refractivity contribution in [1.29, 1.82) is 0 Å². The molecule has 3 unspecified atom stereocenters. The van der Waals surface area contributed by atoms with E-state index in [2.05, 4.69) is 10.2 Å². The lowest BCUT2D eigenvalue weighted by atomic mass is 10.0. The van der Waals surface area contributed by atoms with E-state index < -0.39 is 5.54 Å². The predicted octanol–water partition coefficient (Wildman–Crippen LogP) is 1.26. The molecule has 0 bridgehead atoms. The molecule has 4 nitrogen and oxygen atoms in total. The van der Waals surface area contributed by atoms with Crippen LogP contribution in [0, 0.1) is 11.8 Å². The van der Waals surface area contributed by atoms with Crippen molar-refractivity contribution in [1.82, 2.24) is 10.2 Å². The van der Waals surface area contributed by atoms with E-state index in [0.717, 1.165) is 31.5 Å². The minimum Gasteiger partial charge on any atom is -0.465 e. The molecule has 2 rings (SSSR count). The molecule has 1 saturated carbocycles. The Hall–Kier alpha value is -0.610. The van der Waals surface area contributed by atoms with Gasteiger partial charge in [-0.25, -0.2) is 0 Å². The van der Waals surface area contributed by atoms with Crippen LogP contribution < -0.4 is 5.32 Å². The van der Waals surface area contributed by atoms with Gasteiger partial charge < -0.3 is 15.0 Å². The van der Waals surface area contributed by atoms with Crippen LogP contribution in [0.25, 0.3) is 0 Å². The number of nitrogens with zero attached hydrogens (tertiary/aromatic N) is 1. The van der Waals surface area contributed by atoms with Gasteiger partial charge in [-0.2, -0.15) is 0 Å². The number of carbonyl (C=O) groups is 1. The Balaban J connectivity index is 1.92. The van der Waals surface area contributed by atoms with Gasteiger partial charge in [0.1, 0.15) is 5.54 Å². The number of likely N-dealkylation sites (N-methyl/N-ethyl adjacent to an activating group) is 1. The second-order valence-corrected chi connectivity index (χ2v) is 5.95. The number of ether oxygens (including phenoxy) is 1. The Morgan fingerprint density at radius 2 is 2.00 bits per heavy atom. The molecule has 2 aliphatic rings. The quantitative estimate of drug-likeness (QED) is 0.750. The van der Waals surface area contributed by atoms with E-state index in [1.165, 1.54) is 19.3 Å². The minimum atomic E-state index is -0.575. The third-order valence-electron chi connectivity index (χ3n) is 4.62. The maximum Gasteiger partial charge on any atom is 0.327 e. The fourth-order valence-electron chi connectivity index (χ4n) is 3.44. The molecule has 1 aliphatic heterocycles. The number of hydrogen-bond acceptors (Lipinski definition) is 4. The average Bonchev–Trinajstić information content (AvgIpc) is 2.89. The lowest BCUT2D eigenvalue weighted by molar-refractivity contribution is -0.151. The van der Waals surface area contributed by atoms with Gasteiger partial charge in [0.15, 0.2) is 0 Å². The summed E-state index contributed by atoms with van der Waals surface area (Å²) in [6.07, 6.45) is 4.14. The second kappa shape index (κ2) is 5.57. The molecular weight excluding hydrogens is 228 g/mol. The number of rotatable bonds is 5. The summed E-state index contributed by atoms with van der Waals surface area (Å²) in [4.78, 5) is 14.5. The smallest absolute Gasteiger partial charge is 0.327 e. The van der Waals surface area contributed by atoms with Gasteiger partial charge in [-0.15, -0.1) is 0 Å². The second-order valence-electron chi connectivity index (χ2n) is 5.95. The molecule has 0 spiro atoms. The Morgan fingerprint density at radius 3 is 2.50 bits per heavy atom. The molecule has 0 amide bonds. The first-order valence-corrected chi connectivity index (χ1v) is 7.17. The fraction of sp³-hybridized carbons (Fsp3) is 0.929. The van der Waals surface area contributed by atoms with E-state index >= 15 is 0 Å². The number of carbonyl (C=O) groups excluding carboxylic acids is 1. The average molecular weight is 254 g/mol. The van der Waals surface area contributed by atoms with Crippen molar-refractivity contribution in [3.05, 3.63) is 0 Å². The molecule has 1 N–H and O–H groups in total. The van der Waals surface area contributed by atoms with Crippen molar-refractivity contribution in [2.75, 3.05) is 33.3 Å². The summed E-state index contributed by atoms with van der Waals surface area (Å²) in [6, 6.07) is 0. The normalized spacial score (nSPS) is 31.1. The number of fused-ring (bicyclic) bond motifs is 1. The molecule has 1 saturated heterocycles. The van der Waals surface area contributed by atoms with Crippen LogP contribution in [0.5, 0.6) is 0 Å². The van der Waals surface area contributed by atoms with Crippen molar-refractivity contribution >= 4 is 5.97 Å². The first kappa shape index (κ1) is 13.8. The summed E-state index contributed by atoms with van der Waals surface area (Å²) < 4.78 is 5.17. The zero-order chi connectivity index (χ0) is 13.2. The fourth-order valence-corrected chi connectivity index (χ4v) is 3.44. The minimum absolute atomic E-state index is 0.135. The van der Waals surface area contributed by atoms with Crippen LogP contribution in [-0.2, 0) is 9.53 Å². The van der Waals surface area contributed by atoms with Crippen LogP contribution in [0.3, 0.4) is 0 Å². The summed E-state index contributed by atoms with van der Waals surface area (Å²) in [5.74, 6) is 1.60. The Bertz CT molecular complexity index is 296. The predicted molar refractivity (Wildman–Crippen MR) is 71.4 cm³/mol. The van der Waals surface area contributed by atoms with Crippen molar-refractivity contribution in [2.24, 2.45) is 11.8 Å². The number of nitrogens with one attached hydrogen (secondary N) is 1. The van der Waals surface area contributed by atoms with Gasteiger partial charge in [0.25, 0.3) is 0 Å². The van der Waals surface area contributed by atoms with Crippen molar-refractivity contribution in [3.8, 4) is 0 Å². The van der Waals surface area contributed by atoms with E-state index in [1.807, 2.05) is 20.9 Å².